The molecule has 2 N–H and O–H groups in total. The van der Waals surface area contributed by atoms with E-state index < -0.39 is 11.9 Å². The molecule has 0 saturated heterocycles. The first kappa shape index (κ1) is 18.0. The maximum Gasteiger partial charge on any atom is 0.310 e. The van der Waals surface area contributed by atoms with Gasteiger partial charge in [-0.05, 0) is 73.6 Å². The van der Waals surface area contributed by atoms with Crippen molar-refractivity contribution in [3.8, 4) is 5.75 Å². The molecule has 26 heavy (non-hydrogen) atoms. The van der Waals surface area contributed by atoms with Crippen molar-refractivity contribution in [2.75, 3.05) is 11.9 Å². The molecular weight excluding hydrogens is 330 g/mol. The average Bonchev–Trinajstić information content (AvgIpc) is 2.66. The summed E-state index contributed by atoms with van der Waals surface area (Å²) in [6, 6.07) is 12.8. The van der Waals surface area contributed by atoms with Crippen LogP contribution in [0.4, 0.5) is 5.69 Å². The fourth-order valence-corrected chi connectivity index (χ4v) is 3.14. The quantitative estimate of drug-likeness (QED) is 0.829. The van der Waals surface area contributed by atoms with E-state index in [4.69, 9.17) is 9.84 Å². The van der Waals surface area contributed by atoms with Crippen LogP contribution in [0.1, 0.15) is 42.4 Å². The van der Waals surface area contributed by atoms with Gasteiger partial charge < -0.3 is 15.2 Å². The van der Waals surface area contributed by atoms with Crippen molar-refractivity contribution in [2.45, 2.75) is 38.5 Å². The SMILES string of the molecule is CC(C(=O)O)c1ccc(NC(=O)COc2ccc3c(c2)CCCC3)cc1. The second-order valence-corrected chi connectivity index (χ2v) is 6.66. The van der Waals surface area contributed by atoms with Crippen molar-refractivity contribution in [1.29, 1.82) is 0 Å². The Labute approximate surface area is 153 Å². The molecule has 1 amide bonds. The first-order valence-electron chi connectivity index (χ1n) is 8.90. The molecule has 0 heterocycles. The number of aryl methyl sites for hydroxylation is 2. The first-order valence-corrected chi connectivity index (χ1v) is 8.90. The van der Waals surface area contributed by atoms with E-state index in [-0.39, 0.29) is 12.5 Å². The minimum Gasteiger partial charge on any atom is -0.484 e. The molecule has 136 valence electrons. The van der Waals surface area contributed by atoms with Gasteiger partial charge in [0.15, 0.2) is 6.61 Å². The minimum absolute atomic E-state index is 0.0634. The molecule has 5 nitrogen and oxygen atoms in total. The number of carbonyl (C=O) groups excluding carboxylic acids is 1. The van der Waals surface area contributed by atoms with Crippen LogP contribution in [-0.4, -0.2) is 23.6 Å². The molecule has 3 rings (SSSR count). The van der Waals surface area contributed by atoms with Crippen LogP contribution in [0.25, 0.3) is 0 Å². The van der Waals surface area contributed by atoms with Gasteiger partial charge in [-0.3, -0.25) is 9.59 Å². The smallest absolute Gasteiger partial charge is 0.310 e. The number of benzene rings is 2. The number of aliphatic carboxylic acids is 1. The normalized spacial score (nSPS) is 14.2. The molecule has 2 aromatic carbocycles. The van der Waals surface area contributed by atoms with Gasteiger partial charge in [0, 0.05) is 5.69 Å². The number of rotatable bonds is 6. The Balaban J connectivity index is 1.53. The predicted octanol–water partition coefficient (Wildman–Crippen LogP) is 3.77. The zero-order valence-electron chi connectivity index (χ0n) is 14.8. The molecule has 0 aromatic heterocycles. The van der Waals surface area contributed by atoms with Crippen LogP contribution in [0.15, 0.2) is 42.5 Å². The van der Waals surface area contributed by atoms with Crippen molar-refractivity contribution in [1.82, 2.24) is 0 Å². The van der Waals surface area contributed by atoms with E-state index >= 15 is 0 Å². The highest BCUT2D eigenvalue weighted by Gasteiger charge is 2.14. The number of carbonyl (C=O) groups is 2. The predicted molar refractivity (Wildman–Crippen MR) is 99.7 cm³/mol. The molecule has 0 saturated carbocycles. The number of hydrogen-bond donors (Lipinski definition) is 2. The molecule has 5 heteroatoms. The summed E-state index contributed by atoms with van der Waals surface area (Å²) in [5.74, 6) is -0.986. The fourth-order valence-electron chi connectivity index (χ4n) is 3.14. The number of carboxylic acids is 1. The zero-order chi connectivity index (χ0) is 18.5. The maximum atomic E-state index is 12.1. The molecule has 0 bridgehead atoms. The average molecular weight is 353 g/mol. The number of nitrogens with one attached hydrogen (secondary N) is 1. The van der Waals surface area contributed by atoms with Gasteiger partial charge in [0.25, 0.3) is 5.91 Å². The Morgan fingerprint density at radius 2 is 1.77 bits per heavy atom. The highest BCUT2D eigenvalue weighted by Crippen LogP contribution is 2.25. The van der Waals surface area contributed by atoms with E-state index in [9.17, 15) is 9.59 Å². The molecule has 1 aliphatic carbocycles. The van der Waals surface area contributed by atoms with Gasteiger partial charge in [0.1, 0.15) is 5.75 Å². The van der Waals surface area contributed by atoms with E-state index in [1.807, 2.05) is 12.1 Å². The molecule has 1 aliphatic rings. The van der Waals surface area contributed by atoms with Crippen LogP contribution in [0.3, 0.4) is 0 Å². The summed E-state index contributed by atoms with van der Waals surface area (Å²) >= 11 is 0. The van der Waals surface area contributed by atoms with Crippen LogP contribution in [0, 0.1) is 0 Å². The number of fused-ring (bicyclic) bond motifs is 1. The lowest BCUT2D eigenvalue weighted by atomic mass is 9.92. The molecule has 1 unspecified atom stereocenters. The largest absolute Gasteiger partial charge is 0.484 e. The van der Waals surface area contributed by atoms with E-state index in [0.717, 1.165) is 12.8 Å². The molecule has 1 atom stereocenters. The highest BCUT2D eigenvalue weighted by molar-refractivity contribution is 5.92. The molecular formula is C21H23NO4. The summed E-state index contributed by atoms with van der Waals surface area (Å²) in [6.45, 7) is 1.56. The Morgan fingerprint density at radius 1 is 1.08 bits per heavy atom. The standard InChI is InChI=1S/C21H23NO4/c1-14(21(24)25)15-6-9-18(10-7-15)22-20(23)13-26-19-11-8-16-4-2-3-5-17(16)12-19/h6-12,14H,2-5,13H2,1H3,(H,22,23)(H,24,25). The summed E-state index contributed by atoms with van der Waals surface area (Å²) in [6.07, 6.45) is 4.62. The topological polar surface area (TPSA) is 75.6 Å². The van der Waals surface area contributed by atoms with E-state index in [1.165, 1.54) is 24.0 Å². The number of anilines is 1. The van der Waals surface area contributed by atoms with Gasteiger partial charge >= 0.3 is 5.97 Å². The van der Waals surface area contributed by atoms with Gasteiger partial charge in [-0.1, -0.05) is 18.2 Å². The zero-order valence-corrected chi connectivity index (χ0v) is 14.8. The molecule has 0 aliphatic heterocycles. The summed E-state index contributed by atoms with van der Waals surface area (Å²) in [7, 11) is 0. The second-order valence-electron chi connectivity index (χ2n) is 6.66. The van der Waals surface area contributed by atoms with Crippen molar-refractivity contribution >= 4 is 17.6 Å². The maximum absolute atomic E-state index is 12.1. The fraction of sp³-hybridized carbons (Fsp3) is 0.333. The Kier molecular flexibility index (Phi) is 5.56. The number of hydrogen-bond acceptors (Lipinski definition) is 3. The van der Waals surface area contributed by atoms with Crippen molar-refractivity contribution in [3.05, 3.63) is 59.2 Å². The van der Waals surface area contributed by atoms with Gasteiger partial charge in [0.2, 0.25) is 0 Å². The van der Waals surface area contributed by atoms with E-state index in [1.54, 1.807) is 31.2 Å². The van der Waals surface area contributed by atoms with Crippen LogP contribution in [-0.2, 0) is 22.4 Å². The number of ether oxygens (including phenoxy) is 1. The third-order valence-corrected chi connectivity index (χ3v) is 4.75. The lowest BCUT2D eigenvalue weighted by Gasteiger charge is -2.16. The molecule has 2 aromatic rings. The third-order valence-electron chi connectivity index (χ3n) is 4.75. The summed E-state index contributed by atoms with van der Waals surface area (Å²) in [5, 5.41) is 11.8. The van der Waals surface area contributed by atoms with Crippen molar-refractivity contribution in [2.24, 2.45) is 0 Å². The van der Waals surface area contributed by atoms with Crippen LogP contribution in [0.2, 0.25) is 0 Å². The van der Waals surface area contributed by atoms with Gasteiger partial charge in [0.05, 0.1) is 5.92 Å². The van der Waals surface area contributed by atoms with Crippen molar-refractivity contribution < 1.29 is 19.4 Å². The van der Waals surface area contributed by atoms with Crippen molar-refractivity contribution in [3.63, 3.8) is 0 Å². The summed E-state index contributed by atoms with van der Waals surface area (Å²) in [4.78, 5) is 23.1. The second kappa shape index (κ2) is 8.04. The monoisotopic (exact) mass is 353 g/mol. The van der Waals surface area contributed by atoms with Crippen LogP contribution >= 0.6 is 0 Å². The molecule has 0 radical (unpaired) electrons. The molecule has 0 spiro atoms. The third kappa shape index (κ3) is 4.42. The van der Waals surface area contributed by atoms with Gasteiger partial charge in [-0.25, -0.2) is 0 Å². The van der Waals surface area contributed by atoms with E-state index in [2.05, 4.69) is 11.4 Å². The molecule has 0 fully saturated rings. The van der Waals surface area contributed by atoms with Gasteiger partial charge in [-0.2, -0.15) is 0 Å². The lowest BCUT2D eigenvalue weighted by molar-refractivity contribution is -0.138. The number of amides is 1. The first-order chi connectivity index (χ1) is 12.5. The van der Waals surface area contributed by atoms with Crippen LogP contribution in [0.5, 0.6) is 5.75 Å². The summed E-state index contributed by atoms with van der Waals surface area (Å²) < 4.78 is 5.61. The minimum atomic E-state index is -0.875. The Hall–Kier alpha value is -2.82. The Morgan fingerprint density at radius 3 is 2.46 bits per heavy atom. The Bertz CT molecular complexity index is 798. The highest BCUT2D eigenvalue weighted by atomic mass is 16.5. The van der Waals surface area contributed by atoms with Gasteiger partial charge in [-0.15, -0.1) is 0 Å². The lowest BCUT2D eigenvalue weighted by Crippen LogP contribution is -2.20. The number of carboxylic acid groups (broad SMARTS) is 1. The van der Waals surface area contributed by atoms with Crippen LogP contribution < -0.4 is 10.1 Å². The summed E-state index contributed by atoms with van der Waals surface area (Å²) in [5.41, 5.74) is 4.01. The van der Waals surface area contributed by atoms with E-state index in [0.29, 0.717) is 17.0 Å².